The van der Waals surface area contributed by atoms with Crippen molar-refractivity contribution >= 4 is 11.9 Å². The minimum atomic E-state index is -4.28. The molecule has 0 saturated carbocycles. The monoisotopic (exact) mass is 241 g/mol. The predicted octanol–water partition coefficient (Wildman–Crippen LogP) is 1.65. The van der Waals surface area contributed by atoms with Crippen molar-refractivity contribution in [1.82, 2.24) is 4.90 Å². The Morgan fingerprint density at radius 2 is 1.81 bits per heavy atom. The maximum Gasteiger partial charge on any atom is 0.390 e. The highest BCUT2D eigenvalue weighted by atomic mass is 19.4. The quantitative estimate of drug-likeness (QED) is 0.769. The maximum absolute atomic E-state index is 11.8. The van der Waals surface area contributed by atoms with Crippen molar-refractivity contribution in [2.75, 3.05) is 13.6 Å². The second-order valence-corrected chi connectivity index (χ2v) is 3.43. The highest BCUT2D eigenvalue weighted by molar-refractivity contribution is 5.76. The number of carbonyl (C=O) groups excluding carboxylic acids is 1. The summed E-state index contributed by atoms with van der Waals surface area (Å²) in [7, 11) is 1.27. The molecule has 1 N–H and O–H groups in total. The Kier molecular flexibility index (Phi) is 5.84. The molecule has 1 amide bonds. The van der Waals surface area contributed by atoms with Gasteiger partial charge in [-0.2, -0.15) is 13.2 Å². The van der Waals surface area contributed by atoms with Gasteiger partial charge in [-0.25, -0.2) is 0 Å². The number of carboxylic acid groups (broad SMARTS) is 1. The molecule has 16 heavy (non-hydrogen) atoms. The molecule has 0 heterocycles. The van der Waals surface area contributed by atoms with Crippen LogP contribution in [0.25, 0.3) is 0 Å². The van der Waals surface area contributed by atoms with Crippen LogP contribution in [-0.4, -0.2) is 41.7 Å². The van der Waals surface area contributed by atoms with E-state index in [4.69, 9.17) is 5.11 Å². The Balaban J connectivity index is 3.78. The molecule has 0 aliphatic rings. The fourth-order valence-electron chi connectivity index (χ4n) is 1.00. The van der Waals surface area contributed by atoms with E-state index in [0.29, 0.717) is 0 Å². The molecule has 0 aromatic heterocycles. The molecule has 0 aromatic carbocycles. The minimum Gasteiger partial charge on any atom is -0.481 e. The Morgan fingerprint density at radius 1 is 1.25 bits per heavy atom. The third-order valence-electron chi connectivity index (χ3n) is 1.94. The van der Waals surface area contributed by atoms with Crippen molar-refractivity contribution in [3.8, 4) is 0 Å². The van der Waals surface area contributed by atoms with Gasteiger partial charge < -0.3 is 10.0 Å². The lowest BCUT2D eigenvalue weighted by atomic mass is 10.2. The highest BCUT2D eigenvalue weighted by Gasteiger charge is 2.27. The van der Waals surface area contributed by atoms with Crippen molar-refractivity contribution in [3.05, 3.63) is 0 Å². The van der Waals surface area contributed by atoms with Gasteiger partial charge in [0.05, 0.1) is 6.42 Å². The number of carboxylic acids is 1. The van der Waals surface area contributed by atoms with Crippen molar-refractivity contribution < 1.29 is 27.9 Å². The second kappa shape index (κ2) is 6.34. The number of rotatable bonds is 6. The molecular formula is C9H14F3NO3. The van der Waals surface area contributed by atoms with Gasteiger partial charge in [-0.05, 0) is 6.42 Å². The van der Waals surface area contributed by atoms with Gasteiger partial charge >= 0.3 is 12.1 Å². The van der Waals surface area contributed by atoms with E-state index in [1.807, 2.05) is 0 Å². The summed E-state index contributed by atoms with van der Waals surface area (Å²) >= 11 is 0. The van der Waals surface area contributed by atoms with E-state index in [1.54, 1.807) is 0 Å². The van der Waals surface area contributed by atoms with Crippen LogP contribution in [0.1, 0.15) is 25.7 Å². The van der Waals surface area contributed by atoms with Gasteiger partial charge in [0.15, 0.2) is 0 Å². The predicted molar refractivity (Wildman–Crippen MR) is 49.8 cm³/mol. The normalized spacial score (nSPS) is 11.2. The lowest BCUT2D eigenvalue weighted by Crippen LogP contribution is -2.30. The first-order valence-electron chi connectivity index (χ1n) is 4.75. The Labute approximate surface area is 91.0 Å². The average Bonchev–Trinajstić information content (AvgIpc) is 2.12. The number of hydrogen-bond acceptors (Lipinski definition) is 2. The highest BCUT2D eigenvalue weighted by Crippen LogP contribution is 2.19. The number of nitrogens with zero attached hydrogens (tertiary/aromatic N) is 1. The van der Waals surface area contributed by atoms with E-state index < -0.39 is 31.0 Å². The van der Waals surface area contributed by atoms with Gasteiger partial charge in [0.2, 0.25) is 5.91 Å². The minimum absolute atomic E-state index is 0.0410. The van der Waals surface area contributed by atoms with Gasteiger partial charge in [-0.3, -0.25) is 9.59 Å². The summed E-state index contributed by atoms with van der Waals surface area (Å²) in [6, 6.07) is 0. The second-order valence-electron chi connectivity index (χ2n) is 3.43. The van der Waals surface area contributed by atoms with Gasteiger partial charge in [-0.15, -0.1) is 0 Å². The molecule has 0 spiro atoms. The summed E-state index contributed by atoms with van der Waals surface area (Å²) in [5.74, 6) is -1.49. The average molecular weight is 241 g/mol. The third kappa shape index (κ3) is 8.07. The lowest BCUT2D eigenvalue weighted by molar-refractivity contribution is -0.144. The molecule has 0 fully saturated rings. The van der Waals surface area contributed by atoms with E-state index in [2.05, 4.69) is 0 Å². The largest absolute Gasteiger partial charge is 0.481 e. The van der Waals surface area contributed by atoms with E-state index in [0.717, 1.165) is 4.90 Å². The van der Waals surface area contributed by atoms with E-state index in [9.17, 15) is 22.8 Å². The fraction of sp³-hybridized carbons (Fsp3) is 0.778. The molecule has 0 unspecified atom stereocenters. The van der Waals surface area contributed by atoms with Crippen molar-refractivity contribution in [1.29, 1.82) is 0 Å². The van der Waals surface area contributed by atoms with Crippen LogP contribution in [0.5, 0.6) is 0 Å². The van der Waals surface area contributed by atoms with Crippen molar-refractivity contribution in [2.45, 2.75) is 31.9 Å². The molecule has 4 nitrogen and oxygen atoms in total. The number of hydrogen-bond donors (Lipinski definition) is 1. The molecule has 0 atom stereocenters. The fourth-order valence-corrected chi connectivity index (χ4v) is 1.00. The summed E-state index contributed by atoms with van der Waals surface area (Å²) in [4.78, 5) is 22.3. The van der Waals surface area contributed by atoms with E-state index >= 15 is 0 Å². The Bertz CT molecular complexity index is 253. The zero-order valence-electron chi connectivity index (χ0n) is 8.88. The summed E-state index contributed by atoms with van der Waals surface area (Å²) in [5, 5.41) is 8.30. The van der Waals surface area contributed by atoms with Crippen LogP contribution < -0.4 is 0 Å². The van der Waals surface area contributed by atoms with Crippen LogP contribution in [0, 0.1) is 0 Å². The molecule has 0 aliphatic heterocycles. The topological polar surface area (TPSA) is 57.6 Å². The number of amides is 1. The zero-order chi connectivity index (χ0) is 12.8. The SMILES string of the molecule is CN(CCC(F)(F)F)C(=O)CCCC(=O)O. The van der Waals surface area contributed by atoms with Gasteiger partial charge in [0.1, 0.15) is 0 Å². The number of alkyl halides is 3. The van der Waals surface area contributed by atoms with Crippen LogP contribution in [0.4, 0.5) is 13.2 Å². The summed E-state index contributed by atoms with van der Waals surface area (Å²) in [5.41, 5.74) is 0. The first-order chi connectivity index (χ1) is 7.22. The van der Waals surface area contributed by atoms with E-state index in [1.165, 1.54) is 7.05 Å². The first kappa shape index (κ1) is 14.7. The van der Waals surface area contributed by atoms with Crippen LogP contribution in [0.15, 0.2) is 0 Å². The Hall–Kier alpha value is -1.27. The van der Waals surface area contributed by atoms with Gasteiger partial charge in [0.25, 0.3) is 0 Å². The summed E-state index contributed by atoms with van der Waals surface area (Å²) in [6.45, 7) is -0.393. The van der Waals surface area contributed by atoms with Crippen LogP contribution in [0.2, 0.25) is 0 Å². The van der Waals surface area contributed by atoms with Gasteiger partial charge in [0, 0.05) is 26.4 Å². The van der Waals surface area contributed by atoms with Crippen LogP contribution in [0.3, 0.4) is 0 Å². The summed E-state index contributed by atoms with van der Waals surface area (Å²) < 4.78 is 35.5. The molecule has 0 aliphatic carbocycles. The molecule has 94 valence electrons. The molecule has 0 bridgehead atoms. The van der Waals surface area contributed by atoms with E-state index in [-0.39, 0.29) is 19.3 Å². The molecule has 0 rings (SSSR count). The van der Waals surface area contributed by atoms with Crippen LogP contribution >= 0.6 is 0 Å². The summed E-state index contributed by atoms with van der Waals surface area (Å²) in [6.07, 6.45) is -5.38. The van der Waals surface area contributed by atoms with Crippen LogP contribution in [-0.2, 0) is 9.59 Å². The molecule has 0 radical (unpaired) electrons. The molecule has 7 heteroatoms. The molecule has 0 saturated heterocycles. The van der Waals surface area contributed by atoms with Gasteiger partial charge in [-0.1, -0.05) is 0 Å². The first-order valence-corrected chi connectivity index (χ1v) is 4.75. The van der Waals surface area contributed by atoms with Crippen molar-refractivity contribution in [2.24, 2.45) is 0 Å². The standard InChI is InChI=1S/C9H14F3NO3/c1-13(6-5-9(10,11)12)7(14)3-2-4-8(15)16/h2-6H2,1H3,(H,15,16). The van der Waals surface area contributed by atoms with Crippen molar-refractivity contribution in [3.63, 3.8) is 0 Å². The molecular weight excluding hydrogens is 227 g/mol. The lowest BCUT2D eigenvalue weighted by Gasteiger charge is -2.17. The number of carbonyl (C=O) groups is 2. The third-order valence-corrected chi connectivity index (χ3v) is 1.94. The number of aliphatic carboxylic acids is 1. The zero-order valence-corrected chi connectivity index (χ0v) is 8.88. The molecule has 0 aromatic rings. The number of halogens is 3. The smallest absolute Gasteiger partial charge is 0.390 e. The maximum atomic E-state index is 11.8. The Morgan fingerprint density at radius 3 is 2.25 bits per heavy atom.